The minimum Gasteiger partial charge on any atom is -0.409 e. The van der Waals surface area contributed by atoms with Crippen LogP contribution in [0.1, 0.15) is 46.0 Å². The quantitative estimate of drug-likeness (QED) is 0.193. The molecule has 0 heterocycles. The number of carbonyl (C=O) groups excluding carboxylic acids is 1. The second-order valence-electron chi connectivity index (χ2n) is 4.79. The van der Waals surface area contributed by atoms with Gasteiger partial charge in [-0.15, -0.1) is 0 Å². The Kier molecular flexibility index (Phi) is 8.14. The normalized spacial score (nSPS) is 12.5. The molecule has 0 aromatic heterocycles. The third kappa shape index (κ3) is 4.38. The minimum absolute atomic E-state index is 0.0234. The summed E-state index contributed by atoms with van der Waals surface area (Å²) in [7, 11) is 1.73. The Bertz CT molecular complexity index is 302. The second-order valence-corrected chi connectivity index (χ2v) is 4.79. The summed E-state index contributed by atoms with van der Waals surface area (Å²) in [5, 5.41) is 20.6. The highest BCUT2D eigenvalue weighted by molar-refractivity contribution is 6.06. The van der Waals surface area contributed by atoms with E-state index in [4.69, 9.17) is 16.0 Å². The van der Waals surface area contributed by atoms with Gasteiger partial charge in [0.1, 0.15) is 5.41 Å². The first-order valence-electron chi connectivity index (χ1n) is 6.84. The van der Waals surface area contributed by atoms with E-state index >= 15 is 0 Å². The molecule has 112 valence electrons. The van der Waals surface area contributed by atoms with Gasteiger partial charge in [0.15, 0.2) is 5.84 Å². The van der Waals surface area contributed by atoms with Crippen molar-refractivity contribution in [3.8, 4) is 0 Å². The van der Waals surface area contributed by atoms with Crippen LogP contribution in [-0.4, -0.2) is 47.2 Å². The largest absolute Gasteiger partial charge is 0.409 e. The van der Waals surface area contributed by atoms with Crippen LogP contribution in [0.3, 0.4) is 0 Å². The maximum Gasteiger partial charge on any atom is 0.236 e. The van der Waals surface area contributed by atoms with E-state index in [0.29, 0.717) is 19.4 Å². The van der Waals surface area contributed by atoms with Gasteiger partial charge < -0.3 is 20.9 Å². The number of unbranched alkanes of at least 4 members (excludes halogenated alkanes) is 2. The van der Waals surface area contributed by atoms with Crippen LogP contribution >= 0.6 is 0 Å². The maximum atomic E-state index is 12.5. The summed E-state index contributed by atoms with van der Waals surface area (Å²) in [6.45, 7) is 4.51. The van der Waals surface area contributed by atoms with Crippen molar-refractivity contribution in [3.63, 3.8) is 0 Å². The van der Waals surface area contributed by atoms with Crippen molar-refractivity contribution in [3.05, 3.63) is 0 Å². The van der Waals surface area contributed by atoms with Crippen molar-refractivity contribution in [2.24, 2.45) is 16.3 Å². The Balaban J connectivity index is 4.72. The second kappa shape index (κ2) is 8.74. The number of aliphatic hydroxyl groups is 1. The summed E-state index contributed by atoms with van der Waals surface area (Å²) in [6, 6.07) is 0. The highest BCUT2D eigenvalue weighted by Gasteiger charge is 2.41. The molecule has 0 unspecified atom stereocenters. The summed E-state index contributed by atoms with van der Waals surface area (Å²) in [5.74, 6) is -0.137. The first kappa shape index (κ1) is 17.7. The highest BCUT2D eigenvalue weighted by atomic mass is 16.4. The SMILES string of the molecule is CCC(CC)(C(=O)N(C)CCCCCO)C(N)=NO. The highest BCUT2D eigenvalue weighted by Crippen LogP contribution is 2.29. The average Bonchev–Trinajstić information content (AvgIpc) is 2.44. The number of hydrogen-bond acceptors (Lipinski definition) is 4. The molecule has 0 radical (unpaired) electrons. The van der Waals surface area contributed by atoms with E-state index < -0.39 is 5.41 Å². The van der Waals surface area contributed by atoms with Crippen molar-refractivity contribution in [2.75, 3.05) is 20.2 Å². The minimum atomic E-state index is -0.916. The number of carbonyl (C=O) groups is 1. The number of amidine groups is 1. The van der Waals surface area contributed by atoms with Gasteiger partial charge in [0, 0.05) is 20.2 Å². The summed E-state index contributed by atoms with van der Waals surface area (Å²) in [4.78, 5) is 14.1. The summed E-state index contributed by atoms with van der Waals surface area (Å²) in [5.41, 5.74) is 4.79. The van der Waals surface area contributed by atoms with Crippen molar-refractivity contribution in [1.82, 2.24) is 4.90 Å². The van der Waals surface area contributed by atoms with Gasteiger partial charge in [0.2, 0.25) is 5.91 Å². The molecule has 0 saturated carbocycles. The van der Waals surface area contributed by atoms with Crippen LogP contribution < -0.4 is 5.73 Å². The van der Waals surface area contributed by atoms with Crippen molar-refractivity contribution in [1.29, 1.82) is 0 Å². The molecule has 4 N–H and O–H groups in total. The number of amides is 1. The standard InChI is InChI=1S/C13H27N3O3/c1-4-13(5-2,11(14)15-19)12(18)16(3)9-7-6-8-10-17/h17,19H,4-10H2,1-3H3,(H2,14,15). The zero-order valence-electron chi connectivity index (χ0n) is 12.2. The molecule has 0 aromatic rings. The first-order valence-corrected chi connectivity index (χ1v) is 6.84. The maximum absolute atomic E-state index is 12.5. The van der Waals surface area contributed by atoms with Crippen LogP contribution in [0, 0.1) is 5.41 Å². The molecule has 1 amide bonds. The fourth-order valence-electron chi connectivity index (χ4n) is 2.22. The van der Waals surface area contributed by atoms with Gasteiger partial charge in [-0.05, 0) is 32.1 Å². The third-order valence-corrected chi connectivity index (χ3v) is 3.71. The number of rotatable bonds is 9. The Hall–Kier alpha value is -1.30. The number of oxime groups is 1. The predicted octanol–water partition coefficient (Wildman–Crippen LogP) is 1.16. The molecular weight excluding hydrogens is 246 g/mol. The van der Waals surface area contributed by atoms with E-state index in [1.807, 2.05) is 13.8 Å². The van der Waals surface area contributed by atoms with Crippen molar-refractivity contribution in [2.45, 2.75) is 46.0 Å². The Morgan fingerprint density at radius 3 is 2.26 bits per heavy atom. The summed E-state index contributed by atoms with van der Waals surface area (Å²) < 4.78 is 0. The third-order valence-electron chi connectivity index (χ3n) is 3.71. The van der Waals surface area contributed by atoms with Crippen LogP contribution in [0.2, 0.25) is 0 Å². The van der Waals surface area contributed by atoms with Crippen molar-refractivity contribution < 1.29 is 15.1 Å². The van der Waals surface area contributed by atoms with Gasteiger partial charge >= 0.3 is 0 Å². The van der Waals surface area contributed by atoms with Crippen LogP contribution in [0.4, 0.5) is 0 Å². The predicted molar refractivity (Wildman–Crippen MR) is 75.0 cm³/mol. The van der Waals surface area contributed by atoms with E-state index in [1.165, 1.54) is 0 Å². The lowest BCUT2D eigenvalue weighted by Crippen LogP contribution is -2.50. The van der Waals surface area contributed by atoms with Crippen molar-refractivity contribution >= 4 is 11.7 Å². The molecule has 6 nitrogen and oxygen atoms in total. The van der Waals surface area contributed by atoms with E-state index in [-0.39, 0.29) is 18.3 Å². The fourth-order valence-corrected chi connectivity index (χ4v) is 2.22. The lowest BCUT2D eigenvalue weighted by atomic mass is 9.79. The molecule has 0 aliphatic carbocycles. The number of hydrogen-bond donors (Lipinski definition) is 3. The molecular formula is C13H27N3O3. The summed E-state index contributed by atoms with van der Waals surface area (Å²) >= 11 is 0. The van der Waals surface area contributed by atoms with Crippen LogP contribution in [-0.2, 0) is 4.79 Å². The van der Waals surface area contributed by atoms with Crippen LogP contribution in [0.25, 0.3) is 0 Å². The lowest BCUT2D eigenvalue weighted by molar-refractivity contribution is -0.137. The molecule has 0 bridgehead atoms. The van der Waals surface area contributed by atoms with E-state index in [2.05, 4.69) is 5.16 Å². The van der Waals surface area contributed by atoms with Gasteiger partial charge in [-0.25, -0.2) is 0 Å². The van der Waals surface area contributed by atoms with E-state index in [0.717, 1.165) is 19.3 Å². The Morgan fingerprint density at radius 1 is 1.26 bits per heavy atom. The first-order chi connectivity index (χ1) is 8.99. The molecule has 0 aliphatic heterocycles. The molecule has 0 atom stereocenters. The smallest absolute Gasteiger partial charge is 0.236 e. The molecule has 0 rings (SSSR count). The zero-order chi connectivity index (χ0) is 14.9. The average molecular weight is 273 g/mol. The number of nitrogens with two attached hydrogens (primary N) is 1. The Labute approximate surface area is 115 Å². The molecule has 0 aromatic carbocycles. The molecule has 0 saturated heterocycles. The van der Waals surface area contributed by atoms with Crippen LogP contribution in [0.5, 0.6) is 0 Å². The molecule has 0 spiro atoms. The van der Waals surface area contributed by atoms with Crippen LogP contribution in [0.15, 0.2) is 5.16 Å². The summed E-state index contributed by atoms with van der Waals surface area (Å²) in [6.07, 6.45) is 3.46. The monoisotopic (exact) mass is 273 g/mol. The zero-order valence-corrected chi connectivity index (χ0v) is 12.2. The Morgan fingerprint density at radius 2 is 1.84 bits per heavy atom. The van der Waals surface area contributed by atoms with Gasteiger partial charge in [-0.1, -0.05) is 19.0 Å². The van der Waals surface area contributed by atoms with E-state index in [1.54, 1.807) is 11.9 Å². The van der Waals surface area contributed by atoms with Gasteiger partial charge in [0.05, 0.1) is 0 Å². The van der Waals surface area contributed by atoms with Gasteiger partial charge in [-0.2, -0.15) is 0 Å². The fraction of sp³-hybridized carbons (Fsp3) is 0.846. The topological polar surface area (TPSA) is 99.2 Å². The van der Waals surface area contributed by atoms with Gasteiger partial charge in [-0.3, -0.25) is 4.79 Å². The molecule has 19 heavy (non-hydrogen) atoms. The van der Waals surface area contributed by atoms with Gasteiger partial charge in [0.25, 0.3) is 0 Å². The number of nitrogens with zero attached hydrogens (tertiary/aromatic N) is 2. The molecule has 0 aliphatic rings. The number of aliphatic hydroxyl groups excluding tert-OH is 1. The molecule has 6 heteroatoms. The van der Waals surface area contributed by atoms with E-state index in [9.17, 15) is 4.79 Å². The lowest BCUT2D eigenvalue weighted by Gasteiger charge is -2.33. The molecule has 0 fully saturated rings.